The van der Waals surface area contributed by atoms with Gasteiger partial charge in [-0.25, -0.2) is 0 Å². The molecule has 1 aromatic heterocycles. The number of nitrogens with zero attached hydrogens (tertiary/aromatic N) is 3. The molecule has 80 valence electrons. The molecule has 0 aliphatic carbocycles. The van der Waals surface area contributed by atoms with Crippen molar-refractivity contribution < 1.29 is 0 Å². The topological polar surface area (TPSA) is 81.7 Å². The molecule has 1 aromatic rings. The Morgan fingerprint density at radius 3 is 2.53 bits per heavy atom. The van der Waals surface area contributed by atoms with Crippen LogP contribution in [0.5, 0.6) is 0 Å². The first kappa shape index (κ1) is 9.84. The molecule has 5 heteroatoms. The van der Waals surface area contributed by atoms with Crippen LogP contribution in [0.4, 0.5) is 11.6 Å². The number of nitrogens with two attached hydrogens (primary N) is 1. The van der Waals surface area contributed by atoms with Gasteiger partial charge in [0, 0.05) is 13.1 Å². The second-order valence-corrected chi connectivity index (χ2v) is 3.85. The van der Waals surface area contributed by atoms with Gasteiger partial charge in [-0.1, -0.05) is 12.8 Å². The minimum absolute atomic E-state index is 0.372. The van der Waals surface area contributed by atoms with Crippen molar-refractivity contribution in [1.82, 2.24) is 10.2 Å². The van der Waals surface area contributed by atoms with Gasteiger partial charge in [0.25, 0.3) is 0 Å². The van der Waals surface area contributed by atoms with Gasteiger partial charge in [0.2, 0.25) is 0 Å². The van der Waals surface area contributed by atoms with E-state index >= 15 is 0 Å². The molecular formula is C10H15N5. The van der Waals surface area contributed by atoms with E-state index in [1.807, 2.05) is 0 Å². The van der Waals surface area contributed by atoms with Crippen molar-refractivity contribution in [2.24, 2.45) is 0 Å². The van der Waals surface area contributed by atoms with Crippen LogP contribution in [-0.4, -0.2) is 23.3 Å². The molecule has 2 rings (SSSR count). The zero-order chi connectivity index (χ0) is 10.7. The van der Waals surface area contributed by atoms with Crippen LogP contribution in [0.3, 0.4) is 0 Å². The van der Waals surface area contributed by atoms with Gasteiger partial charge >= 0.3 is 0 Å². The van der Waals surface area contributed by atoms with Crippen molar-refractivity contribution in [3.05, 3.63) is 5.56 Å². The summed E-state index contributed by atoms with van der Waals surface area (Å²) in [6, 6.07) is 2.10. The fraction of sp³-hybridized carbons (Fsp3) is 0.600. The van der Waals surface area contributed by atoms with Crippen molar-refractivity contribution >= 4 is 11.6 Å². The molecule has 0 saturated carbocycles. The van der Waals surface area contributed by atoms with Crippen LogP contribution in [0.15, 0.2) is 0 Å². The van der Waals surface area contributed by atoms with Crippen LogP contribution in [0.1, 0.15) is 31.2 Å². The van der Waals surface area contributed by atoms with Gasteiger partial charge in [0.15, 0.2) is 5.82 Å². The van der Waals surface area contributed by atoms with Crippen molar-refractivity contribution in [3.8, 4) is 6.07 Å². The van der Waals surface area contributed by atoms with Gasteiger partial charge in [0.05, 0.1) is 0 Å². The Bertz CT molecular complexity index is 368. The standard InChI is InChI=1S/C10H15N5/c11-7-8-9(12)13-14-10(8)15-5-3-1-2-4-6-15/h1-6H2,(H3,12,13,14). The average Bonchev–Trinajstić information content (AvgIpc) is 2.48. The number of H-pyrrole nitrogens is 1. The number of hydrogen-bond donors (Lipinski definition) is 2. The quantitative estimate of drug-likeness (QED) is 0.722. The molecule has 0 unspecified atom stereocenters. The Balaban J connectivity index is 2.24. The summed E-state index contributed by atoms with van der Waals surface area (Å²) in [4.78, 5) is 2.15. The summed E-state index contributed by atoms with van der Waals surface area (Å²) in [6.07, 6.45) is 4.85. The second kappa shape index (κ2) is 4.22. The first-order chi connectivity index (χ1) is 7.33. The molecule has 1 aliphatic heterocycles. The van der Waals surface area contributed by atoms with E-state index in [-0.39, 0.29) is 0 Å². The Hall–Kier alpha value is -1.70. The Labute approximate surface area is 88.9 Å². The van der Waals surface area contributed by atoms with E-state index in [0.717, 1.165) is 31.7 Å². The monoisotopic (exact) mass is 205 g/mol. The van der Waals surface area contributed by atoms with Crippen LogP contribution in [0.2, 0.25) is 0 Å². The zero-order valence-corrected chi connectivity index (χ0v) is 8.66. The zero-order valence-electron chi connectivity index (χ0n) is 8.66. The molecule has 0 bridgehead atoms. The van der Waals surface area contributed by atoms with E-state index in [1.165, 1.54) is 12.8 Å². The highest BCUT2D eigenvalue weighted by molar-refractivity contribution is 5.64. The summed E-state index contributed by atoms with van der Waals surface area (Å²) in [5.74, 6) is 1.09. The third kappa shape index (κ3) is 1.89. The van der Waals surface area contributed by atoms with Crippen molar-refractivity contribution in [2.45, 2.75) is 25.7 Å². The summed E-state index contributed by atoms with van der Waals surface area (Å²) in [6.45, 7) is 1.94. The smallest absolute Gasteiger partial charge is 0.170 e. The van der Waals surface area contributed by atoms with Crippen LogP contribution in [-0.2, 0) is 0 Å². The molecule has 0 aromatic carbocycles. The summed E-state index contributed by atoms with van der Waals surface area (Å²) in [5, 5.41) is 15.7. The molecule has 15 heavy (non-hydrogen) atoms. The maximum Gasteiger partial charge on any atom is 0.170 e. The fourth-order valence-corrected chi connectivity index (χ4v) is 1.97. The SMILES string of the molecule is N#Cc1c(N2CCCCCC2)n[nH]c1N. The Morgan fingerprint density at radius 1 is 1.27 bits per heavy atom. The average molecular weight is 205 g/mol. The van der Waals surface area contributed by atoms with E-state index < -0.39 is 0 Å². The molecule has 0 amide bonds. The minimum atomic E-state index is 0.372. The first-order valence-electron chi connectivity index (χ1n) is 5.32. The number of aromatic amines is 1. The fourth-order valence-electron chi connectivity index (χ4n) is 1.97. The molecule has 0 atom stereocenters. The number of aromatic nitrogens is 2. The van der Waals surface area contributed by atoms with E-state index in [0.29, 0.717) is 11.4 Å². The lowest BCUT2D eigenvalue weighted by atomic mass is 10.2. The number of nitriles is 1. The Morgan fingerprint density at radius 2 is 1.93 bits per heavy atom. The predicted molar refractivity (Wildman–Crippen MR) is 58.4 cm³/mol. The van der Waals surface area contributed by atoms with E-state index in [9.17, 15) is 0 Å². The van der Waals surface area contributed by atoms with Crippen molar-refractivity contribution in [2.75, 3.05) is 23.7 Å². The molecule has 1 fully saturated rings. The van der Waals surface area contributed by atoms with Gasteiger partial charge in [0.1, 0.15) is 17.5 Å². The van der Waals surface area contributed by atoms with Gasteiger partial charge in [-0.15, -0.1) is 0 Å². The normalized spacial score (nSPS) is 17.1. The lowest BCUT2D eigenvalue weighted by molar-refractivity contribution is 0.726. The third-order valence-corrected chi connectivity index (χ3v) is 2.79. The highest BCUT2D eigenvalue weighted by atomic mass is 15.3. The van der Waals surface area contributed by atoms with Gasteiger partial charge in [-0.2, -0.15) is 10.4 Å². The molecule has 2 heterocycles. The largest absolute Gasteiger partial charge is 0.383 e. The lowest BCUT2D eigenvalue weighted by Crippen LogP contribution is -2.25. The third-order valence-electron chi connectivity index (χ3n) is 2.79. The number of anilines is 2. The molecule has 0 spiro atoms. The minimum Gasteiger partial charge on any atom is -0.383 e. The van der Waals surface area contributed by atoms with Crippen LogP contribution < -0.4 is 10.6 Å². The van der Waals surface area contributed by atoms with Gasteiger partial charge < -0.3 is 10.6 Å². The predicted octanol–water partition coefficient (Wildman–Crippen LogP) is 1.24. The molecule has 5 nitrogen and oxygen atoms in total. The van der Waals surface area contributed by atoms with E-state index in [1.54, 1.807) is 0 Å². The van der Waals surface area contributed by atoms with Crippen molar-refractivity contribution in [3.63, 3.8) is 0 Å². The van der Waals surface area contributed by atoms with Crippen LogP contribution >= 0.6 is 0 Å². The maximum absolute atomic E-state index is 8.97. The van der Waals surface area contributed by atoms with Crippen LogP contribution in [0.25, 0.3) is 0 Å². The second-order valence-electron chi connectivity index (χ2n) is 3.85. The first-order valence-corrected chi connectivity index (χ1v) is 5.32. The number of nitrogens with one attached hydrogen (secondary N) is 1. The lowest BCUT2D eigenvalue weighted by Gasteiger charge is -2.19. The summed E-state index contributed by atoms with van der Waals surface area (Å²) < 4.78 is 0. The van der Waals surface area contributed by atoms with E-state index in [2.05, 4.69) is 21.2 Å². The number of rotatable bonds is 1. The highest BCUT2D eigenvalue weighted by Gasteiger charge is 2.18. The highest BCUT2D eigenvalue weighted by Crippen LogP contribution is 2.24. The number of hydrogen-bond acceptors (Lipinski definition) is 4. The molecule has 1 saturated heterocycles. The van der Waals surface area contributed by atoms with Gasteiger partial charge in [-0.05, 0) is 12.8 Å². The van der Waals surface area contributed by atoms with Crippen molar-refractivity contribution in [1.29, 1.82) is 5.26 Å². The number of nitrogen functional groups attached to an aromatic ring is 1. The Kier molecular flexibility index (Phi) is 2.77. The summed E-state index contributed by atoms with van der Waals surface area (Å²) >= 11 is 0. The van der Waals surface area contributed by atoms with Crippen LogP contribution in [0, 0.1) is 11.3 Å². The maximum atomic E-state index is 8.97. The summed E-state index contributed by atoms with van der Waals surface area (Å²) in [5.41, 5.74) is 6.11. The van der Waals surface area contributed by atoms with Gasteiger partial charge in [-0.3, -0.25) is 5.10 Å². The molecule has 1 aliphatic rings. The van der Waals surface area contributed by atoms with E-state index in [4.69, 9.17) is 11.0 Å². The molecule has 0 radical (unpaired) electrons. The molecular weight excluding hydrogens is 190 g/mol. The summed E-state index contributed by atoms with van der Waals surface area (Å²) in [7, 11) is 0. The molecule has 3 N–H and O–H groups in total.